The standard InChI is InChI=1S/C20H32N6O12/c27-5-11-13(29)15(31)17(33)19(37-11)35-7-9-3-25(23-21-9)1-2-26-4-10(22-24-26)8-36-20-18(34)16(32)14(30)12(6-28)38-20/h3-4,11-20,27-34H,1-2,5-8H2/t11-,12-,13-,14-,15+,16+,17+,18+,19+,20+/m1/s1. The van der Waals surface area contributed by atoms with Crippen molar-refractivity contribution in [1.29, 1.82) is 0 Å². The quantitative estimate of drug-likeness (QED) is 0.130. The molecule has 4 heterocycles. The Kier molecular flexibility index (Phi) is 9.68. The van der Waals surface area contributed by atoms with E-state index in [0.717, 1.165) is 0 Å². The predicted octanol–water partition coefficient (Wildman–Crippen LogP) is -5.80. The van der Waals surface area contributed by atoms with Crippen LogP contribution in [0.5, 0.6) is 0 Å². The first-order chi connectivity index (χ1) is 18.2. The summed E-state index contributed by atoms with van der Waals surface area (Å²) in [6, 6.07) is 0. The first kappa shape index (κ1) is 28.8. The van der Waals surface area contributed by atoms with Crippen molar-refractivity contribution in [3.8, 4) is 0 Å². The van der Waals surface area contributed by atoms with Gasteiger partial charge in [0.25, 0.3) is 0 Å². The van der Waals surface area contributed by atoms with E-state index in [1.807, 2.05) is 0 Å². The number of ether oxygens (including phenoxy) is 4. The van der Waals surface area contributed by atoms with E-state index in [2.05, 4.69) is 20.6 Å². The van der Waals surface area contributed by atoms with Crippen LogP contribution in [-0.4, -0.2) is 145 Å². The van der Waals surface area contributed by atoms with Gasteiger partial charge in [-0.3, -0.25) is 9.36 Å². The van der Waals surface area contributed by atoms with Gasteiger partial charge in [0.05, 0.1) is 51.9 Å². The van der Waals surface area contributed by atoms with Crippen LogP contribution in [-0.2, 0) is 45.3 Å². The van der Waals surface area contributed by atoms with Crippen LogP contribution in [0.15, 0.2) is 12.4 Å². The smallest absolute Gasteiger partial charge is 0.187 e. The number of aromatic nitrogens is 6. The number of aliphatic hydroxyl groups is 8. The van der Waals surface area contributed by atoms with Gasteiger partial charge in [0.2, 0.25) is 0 Å². The number of aliphatic hydroxyl groups excluding tert-OH is 8. The van der Waals surface area contributed by atoms with E-state index in [9.17, 15) is 40.9 Å². The van der Waals surface area contributed by atoms with E-state index in [4.69, 9.17) is 18.9 Å². The fraction of sp³-hybridized carbons (Fsp3) is 0.800. The summed E-state index contributed by atoms with van der Waals surface area (Å²) in [4.78, 5) is 0. The van der Waals surface area contributed by atoms with Gasteiger partial charge < -0.3 is 59.8 Å². The van der Waals surface area contributed by atoms with Crippen LogP contribution in [0, 0.1) is 0 Å². The second-order valence-corrected chi connectivity index (χ2v) is 8.96. The third kappa shape index (κ3) is 6.50. The third-order valence-corrected chi connectivity index (χ3v) is 6.22. The van der Waals surface area contributed by atoms with Crippen LogP contribution in [0.25, 0.3) is 0 Å². The van der Waals surface area contributed by atoms with Crippen molar-refractivity contribution in [2.75, 3.05) is 13.2 Å². The van der Waals surface area contributed by atoms with Gasteiger partial charge in [-0.2, -0.15) is 0 Å². The number of hydrogen-bond acceptors (Lipinski definition) is 16. The molecule has 2 aromatic heterocycles. The molecule has 2 fully saturated rings. The van der Waals surface area contributed by atoms with Crippen LogP contribution in [0.4, 0.5) is 0 Å². The highest BCUT2D eigenvalue weighted by Gasteiger charge is 2.45. The molecule has 0 unspecified atom stereocenters. The van der Waals surface area contributed by atoms with Crippen molar-refractivity contribution in [3.05, 3.63) is 23.8 Å². The zero-order chi connectivity index (χ0) is 27.4. The van der Waals surface area contributed by atoms with Crippen molar-refractivity contribution in [3.63, 3.8) is 0 Å². The first-order valence-corrected chi connectivity index (χ1v) is 11.8. The molecular formula is C20H32N6O12. The zero-order valence-corrected chi connectivity index (χ0v) is 20.1. The van der Waals surface area contributed by atoms with Crippen LogP contribution >= 0.6 is 0 Å². The maximum Gasteiger partial charge on any atom is 0.187 e. The summed E-state index contributed by atoms with van der Waals surface area (Å²) in [5, 5.41) is 93.7. The van der Waals surface area contributed by atoms with E-state index >= 15 is 0 Å². The van der Waals surface area contributed by atoms with Crippen LogP contribution in [0.1, 0.15) is 11.4 Å². The SMILES string of the molecule is OC[C@H]1O[C@H](OCc2cn(CCn3cc(CO[C@H]4O[C@H](CO)[C@@H](O)[C@H](O)[C@@H]4O)nn3)nn2)[C@@H](O)[C@@H](O)[C@@H]1O. The molecule has 2 aliphatic rings. The molecule has 2 aliphatic heterocycles. The molecule has 4 rings (SSSR count). The lowest BCUT2D eigenvalue weighted by molar-refractivity contribution is -0.304. The van der Waals surface area contributed by atoms with Crippen molar-refractivity contribution in [2.45, 2.75) is 87.7 Å². The summed E-state index contributed by atoms with van der Waals surface area (Å²) in [6.07, 6.45) is -10.6. The van der Waals surface area contributed by atoms with E-state index in [-0.39, 0.29) is 13.2 Å². The maximum atomic E-state index is 10.0. The van der Waals surface area contributed by atoms with Crippen molar-refractivity contribution < 1.29 is 59.8 Å². The lowest BCUT2D eigenvalue weighted by atomic mass is 9.99. The van der Waals surface area contributed by atoms with E-state index in [0.29, 0.717) is 24.5 Å². The predicted molar refractivity (Wildman–Crippen MR) is 117 cm³/mol. The van der Waals surface area contributed by atoms with Gasteiger partial charge in [0.1, 0.15) is 60.2 Å². The molecule has 0 saturated carbocycles. The molecular weight excluding hydrogens is 516 g/mol. The lowest BCUT2D eigenvalue weighted by Crippen LogP contribution is -2.59. The van der Waals surface area contributed by atoms with Gasteiger partial charge in [0, 0.05) is 0 Å². The van der Waals surface area contributed by atoms with Gasteiger partial charge in [-0.05, 0) is 0 Å². The average molecular weight is 549 g/mol. The van der Waals surface area contributed by atoms with Gasteiger partial charge in [-0.25, -0.2) is 0 Å². The van der Waals surface area contributed by atoms with Crippen molar-refractivity contribution in [1.82, 2.24) is 30.0 Å². The zero-order valence-electron chi connectivity index (χ0n) is 20.1. The Morgan fingerprint density at radius 2 is 1.03 bits per heavy atom. The van der Waals surface area contributed by atoms with Gasteiger partial charge >= 0.3 is 0 Å². The lowest BCUT2D eigenvalue weighted by Gasteiger charge is -2.39. The maximum absolute atomic E-state index is 10.0. The second kappa shape index (κ2) is 12.8. The molecule has 0 bridgehead atoms. The molecule has 214 valence electrons. The Hall–Kier alpha value is -2.20. The molecule has 0 aliphatic carbocycles. The van der Waals surface area contributed by atoms with E-state index < -0.39 is 74.6 Å². The minimum atomic E-state index is -1.54. The molecule has 0 radical (unpaired) electrons. The summed E-state index contributed by atoms with van der Waals surface area (Å²) >= 11 is 0. The average Bonchev–Trinajstić information content (AvgIpc) is 3.58. The number of rotatable bonds is 11. The second-order valence-electron chi connectivity index (χ2n) is 8.96. The summed E-state index contributed by atoms with van der Waals surface area (Å²) < 4.78 is 24.5. The van der Waals surface area contributed by atoms with Crippen molar-refractivity contribution >= 4 is 0 Å². The highest BCUT2D eigenvalue weighted by molar-refractivity contribution is 4.94. The Morgan fingerprint density at radius 1 is 0.632 bits per heavy atom. The number of nitrogens with zero attached hydrogens (tertiary/aromatic N) is 6. The minimum Gasteiger partial charge on any atom is -0.394 e. The highest BCUT2D eigenvalue weighted by Crippen LogP contribution is 2.23. The number of hydrogen-bond donors (Lipinski definition) is 8. The monoisotopic (exact) mass is 548 g/mol. The van der Waals surface area contributed by atoms with Crippen LogP contribution in [0.3, 0.4) is 0 Å². The normalized spacial score (nSPS) is 36.0. The molecule has 18 nitrogen and oxygen atoms in total. The molecule has 18 heteroatoms. The summed E-state index contributed by atoms with van der Waals surface area (Å²) in [5.41, 5.74) is 0.795. The highest BCUT2D eigenvalue weighted by atomic mass is 16.7. The molecule has 2 aromatic rings. The molecule has 0 aromatic carbocycles. The molecule has 2 saturated heterocycles. The van der Waals surface area contributed by atoms with Gasteiger partial charge in [0.15, 0.2) is 12.6 Å². The molecule has 10 atom stereocenters. The van der Waals surface area contributed by atoms with Crippen molar-refractivity contribution in [2.24, 2.45) is 0 Å². The molecule has 0 spiro atoms. The summed E-state index contributed by atoms with van der Waals surface area (Å²) in [6.45, 7) is -0.667. The Balaban J connectivity index is 1.22. The Bertz CT molecular complexity index is 929. The molecule has 0 amide bonds. The minimum absolute atomic E-state index is 0.120. The molecule has 8 N–H and O–H groups in total. The summed E-state index contributed by atoms with van der Waals surface area (Å²) in [7, 11) is 0. The number of aryl methyl sites for hydroxylation is 2. The fourth-order valence-electron chi connectivity index (χ4n) is 3.98. The van der Waals surface area contributed by atoms with Gasteiger partial charge in [-0.15, -0.1) is 10.2 Å². The fourth-order valence-corrected chi connectivity index (χ4v) is 3.98. The molecule has 38 heavy (non-hydrogen) atoms. The van der Waals surface area contributed by atoms with Crippen LogP contribution in [0.2, 0.25) is 0 Å². The Labute approximate surface area is 215 Å². The third-order valence-electron chi connectivity index (χ3n) is 6.22. The Morgan fingerprint density at radius 3 is 1.39 bits per heavy atom. The van der Waals surface area contributed by atoms with E-state index in [1.54, 1.807) is 12.4 Å². The topological polar surface area (TPSA) is 260 Å². The summed E-state index contributed by atoms with van der Waals surface area (Å²) in [5.74, 6) is 0. The van der Waals surface area contributed by atoms with E-state index in [1.165, 1.54) is 9.36 Å². The van der Waals surface area contributed by atoms with Gasteiger partial charge in [-0.1, -0.05) is 10.4 Å². The first-order valence-electron chi connectivity index (χ1n) is 11.8. The van der Waals surface area contributed by atoms with Crippen LogP contribution < -0.4 is 0 Å². The largest absolute Gasteiger partial charge is 0.394 e.